The number of aromatic nitrogens is 4. The number of amides is 1. The van der Waals surface area contributed by atoms with E-state index < -0.39 is 0 Å². The fourth-order valence-corrected chi connectivity index (χ4v) is 3.96. The minimum atomic E-state index is -0.377. The predicted octanol–water partition coefficient (Wildman–Crippen LogP) is 3.19. The molecule has 4 aromatic rings. The second-order valence-electron chi connectivity index (χ2n) is 7.06. The molecule has 1 saturated carbocycles. The normalized spacial score (nSPS) is 13.5. The van der Waals surface area contributed by atoms with E-state index in [1.54, 1.807) is 15.9 Å². The van der Waals surface area contributed by atoms with Gasteiger partial charge in [0.15, 0.2) is 5.82 Å². The Kier molecular flexibility index (Phi) is 4.80. The molecular weight excluding hydrogens is 402 g/mol. The Morgan fingerprint density at radius 3 is 2.77 bits per heavy atom. The van der Waals surface area contributed by atoms with E-state index in [0.29, 0.717) is 11.7 Å². The number of thiophene rings is 1. The van der Waals surface area contributed by atoms with E-state index in [4.69, 9.17) is 4.42 Å². The van der Waals surface area contributed by atoms with Crippen LogP contribution in [0, 0.1) is 0 Å². The first-order valence-corrected chi connectivity index (χ1v) is 10.6. The highest BCUT2D eigenvalue weighted by Gasteiger charge is 2.30. The summed E-state index contributed by atoms with van der Waals surface area (Å²) in [5.41, 5.74) is 0.663. The third kappa shape index (κ3) is 3.59. The quantitative estimate of drug-likeness (QED) is 0.494. The van der Waals surface area contributed by atoms with Crippen LogP contribution in [-0.4, -0.2) is 31.8 Å². The van der Waals surface area contributed by atoms with Gasteiger partial charge in [-0.15, -0.1) is 16.4 Å². The molecule has 1 aliphatic rings. The van der Waals surface area contributed by atoms with Crippen molar-refractivity contribution < 1.29 is 9.21 Å². The van der Waals surface area contributed by atoms with Gasteiger partial charge in [0.05, 0.1) is 17.6 Å². The second kappa shape index (κ2) is 7.75. The first kappa shape index (κ1) is 18.6. The maximum atomic E-state index is 12.8. The van der Waals surface area contributed by atoms with E-state index in [0.717, 1.165) is 23.3 Å². The van der Waals surface area contributed by atoms with Gasteiger partial charge < -0.3 is 9.73 Å². The van der Waals surface area contributed by atoms with Crippen molar-refractivity contribution in [3.63, 3.8) is 0 Å². The second-order valence-corrected chi connectivity index (χ2v) is 8.01. The molecule has 1 aromatic carbocycles. The molecule has 0 bridgehead atoms. The summed E-state index contributed by atoms with van der Waals surface area (Å²) in [5, 5.41) is 9.26. The average Bonchev–Trinajstić information content (AvgIpc) is 3.18. The molecule has 0 aliphatic heterocycles. The highest BCUT2D eigenvalue weighted by Crippen LogP contribution is 2.37. The minimum Gasteiger partial charge on any atom is -0.431 e. The Morgan fingerprint density at radius 2 is 2.03 bits per heavy atom. The van der Waals surface area contributed by atoms with Gasteiger partial charge in [-0.05, 0) is 36.4 Å². The van der Waals surface area contributed by atoms with Crippen LogP contribution in [0.3, 0.4) is 0 Å². The molecule has 0 saturated heterocycles. The van der Waals surface area contributed by atoms with Gasteiger partial charge in [-0.2, -0.15) is 0 Å². The van der Waals surface area contributed by atoms with Gasteiger partial charge in [0.1, 0.15) is 0 Å². The maximum absolute atomic E-state index is 12.8. The third-order valence-corrected chi connectivity index (χ3v) is 5.75. The Balaban J connectivity index is 1.26. The summed E-state index contributed by atoms with van der Waals surface area (Å²) in [6.45, 7) is 0.536. The van der Waals surface area contributed by atoms with Crippen molar-refractivity contribution in [2.75, 3.05) is 6.54 Å². The van der Waals surface area contributed by atoms with Gasteiger partial charge in [0, 0.05) is 18.2 Å². The molecule has 3 heterocycles. The summed E-state index contributed by atoms with van der Waals surface area (Å²) in [7, 11) is 0. The Labute approximate surface area is 175 Å². The van der Waals surface area contributed by atoms with E-state index in [1.807, 2.05) is 47.8 Å². The summed E-state index contributed by atoms with van der Waals surface area (Å²) >= 11 is 1.56. The van der Waals surface area contributed by atoms with E-state index in [1.165, 1.54) is 10.9 Å². The number of nitrogens with zero attached hydrogens (tertiary/aromatic N) is 4. The van der Waals surface area contributed by atoms with Crippen molar-refractivity contribution in [3.8, 4) is 22.2 Å². The molecule has 1 amide bonds. The smallest absolute Gasteiger partial charge is 0.346 e. The molecule has 0 atom stereocenters. The third-order valence-electron chi connectivity index (χ3n) is 4.88. The number of nitrogens with one attached hydrogen (secondary N) is 1. The van der Waals surface area contributed by atoms with Crippen LogP contribution in [0.15, 0.2) is 63.3 Å². The number of carbonyl (C=O) groups is 1. The Hall–Kier alpha value is -3.46. The van der Waals surface area contributed by atoms with Gasteiger partial charge in [-0.1, -0.05) is 24.3 Å². The van der Waals surface area contributed by atoms with Gasteiger partial charge in [0.25, 0.3) is 5.91 Å². The van der Waals surface area contributed by atoms with Crippen molar-refractivity contribution in [2.45, 2.75) is 25.4 Å². The van der Waals surface area contributed by atoms with Crippen LogP contribution in [0.1, 0.15) is 29.4 Å². The molecule has 0 radical (unpaired) electrons. The molecule has 3 aromatic heterocycles. The van der Waals surface area contributed by atoms with E-state index in [-0.39, 0.29) is 36.5 Å². The molecule has 1 N–H and O–H groups in total. The molecule has 0 unspecified atom stereocenters. The number of hydrogen-bond acceptors (Lipinski definition) is 6. The van der Waals surface area contributed by atoms with Crippen LogP contribution in [0.25, 0.3) is 22.2 Å². The molecule has 9 heteroatoms. The Morgan fingerprint density at radius 1 is 1.20 bits per heavy atom. The SMILES string of the molecule is O=C(NCCn1nc(-c2cccs2)n(C2CC2)c1=O)c1cnc(-c2ccccc2)o1. The van der Waals surface area contributed by atoms with Crippen molar-refractivity contribution >= 4 is 17.2 Å². The van der Waals surface area contributed by atoms with Crippen LogP contribution >= 0.6 is 11.3 Å². The highest BCUT2D eigenvalue weighted by atomic mass is 32.1. The zero-order valence-corrected chi connectivity index (χ0v) is 16.8. The van der Waals surface area contributed by atoms with Crippen molar-refractivity contribution in [2.24, 2.45) is 0 Å². The number of rotatable bonds is 7. The summed E-state index contributed by atoms with van der Waals surface area (Å²) in [6.07, 6.45) is 3.40. The first-order valence-electron chi connectivity index (χ1n) is 9.73. The molecule has 30 heavy (non-hydrogen) atoms. The average molecular weight is 421 g/mol. The minimum absolute atomic E-state index is 0.129. The number of hydrogen-bond donors (Lipinski definition) is 1. The standard InChI is InChI=1S/C21H19N5O3S/c27-19(16-13-23-20(29-16)14-5-2-1-3-6-14)22-10-11-25-21(28)26(15-8-9-15)18(24-25)17-7-4-12-30-17/h1-7,12-13,15H,8-11H2,(H,22,27). The molecular formula is C21H19N5O3S. The topological polar surface area (TPSA) is 95.0 Å². The maximum Gasteiger partial charge on any atom is 0.346 e. The summed E-state index contributed by atoms with van der Waals surface area (Å²) in [6, 6.07) is 13.5. The molecule has 5 rings (SSSR count). The van der Waals surface area contributed by atoms with Crippen molar-refractivity contribution in [1.82, 2.24) is 24.6 Å². The van der Waals surface area contributed by atoms with E-state index in [9.17, 15) is 9.59 Å². The van der Waals surface area contributed by atoms with Gasteiger partial charge in [-0.25, -0.2) is 14.5 Å². The largest absolute Gasteiger partial charge is 0.431 e. The van der Waals surface area contributed by atoms with Crippen LogP contribution in [0.2, 0.25) is 0 Å². The molecule has 0 spiro atoms. The van der Waals surface area contributed by atoms with Crippen molar-refractivity contribution in [3.05, 3.63) is 70.3 Å². The van der Waals surface area contributed by atoms with Gasteiger partial charge in [-0.3, -0.25) is 9.36 Å². The molecule has 152 valence electrons. The van der Waals surface area contributed by atoms with Crippen LogP contribution in [-0.2, 0) is 6.54 Å². The zero-order chi connectivity index (χ0) is 20.5. The molecule has 1 aliphatic carbocycles. The summed E-state index contributed by atoms with van der Waals surface area (Å²) in [4.78, 5) is 30.3. The number of benzene rings is 1. The molecule has 8 nitrogen and oxygen atoms in total. The van der Waals surface area contributed by atoms with Crippen LogP contribution in [0.5, 0.6) is 0 Å². The highest BCUT2D eigenvalue weighted by molar-refractivity contribution is 7.13. The lowest BCUT2D eigenvalue weighted by atomic mass is 10.2. The molecule has 1 fully saturated rings. The van der Waals surface area contributed by atoms with Crippen molar-refractivity contribution in [1.29, 1.82) is 0 Å². The lowest BCUT2D eigenvalue weighted by Gasteiger charge is -2.02. The fourth-order valence-electron chi connectivity index (χ4n) is 3.26. The lowest BCUT2D eigenvalue weighted by molar-refractivity contribution is 0.0925. The number of carbonyl (C=O) groups excluding carboxylic acids is 1. The predicted molar refractivity (Wildman–Crippen MR) is 112 cm³/mol. The zero-order valence-electron chi connectivity index (χ0n) is 16.0. The first-order chi connectivity index (χ1) is 14.7. The van der Waals surface area contributed by atoms with Crippen LogP contribution < -0.4 is 11.0 Å². The lowest BCUT2D eigenvalue weighted by Crippen LogP contribution is -2.32. The van der Waals surface area contributed by atoms with E-state index in [2.05, 4.69) is 15.4 Å². The van der Waals surface area contributed by atoms with Crippen LogP contribution in [0.4, 0.5) is 0 Å². The monoisotopic (exact) mass is 421 g/mol. The van der Waals surface area contributed by atoms with E-state index >= 15 is 0 Å². The summed E-state index contributed by atoms with van der Waals surface area (Å²) < 4.78 is 8.75. The Bertz CT molecular complexity index is 1220. The van der Waals surface area contributed by atoms with Gasteiger partial charge >= 0.3 is 5.69 Å². The summed E-state index contributed by atoms with van der Waals surface area (Å²) in [5.74, 6) is 0.842. The fraction of sp³-hybridized carbons (Fsp3) is 0.238. The number of oxazole rings is 1. The van der Waals surface area contributed by atoms with Gasteiger partial charge in [0.2, 0.25) is 11.7 Å².